The molecule has 0 spiro atoms. The van der Waals surface area contributed by atoms with Crippen LogP contribution in [0.1, 0.15) is 37.1 Å². The molecule has 1 aromatic carbocycles. The molecule has 1 aromatic heterocycles. The first kappa shape index (κ1) is 17.6. The predicted molar refractivity (Wildman–Crippen MR) is 99.1 cm³/mol. The van der Waals surface area contributed by atoms with Crippen molar-refractivity contribution in [2.45, 2.75) is 38.6 Å². The first-order valence-electron chi connectivity index (χ1n) is 8.76. The Hall–Kier alpha value is -2.21. The minimum atomic E-state index is -0.0338. The van der Waals surface area contributed by atoms with Crippen LogP contribution in [-0.4, -0.2) is 34.8 Å². The zero-order chi connectivity index (χ0) is 17.5. The Bertz CT molecular complexity index is 714. The van der Waals surface area contributed by atoms with Crippen LogP contribution in [0.25, 0.3) is 11.3 Å². The van der Waals surface area contributed by atoms with Gasteiger partial charge in [0.25, 0.3) is 0 Å². The van der Waals surface area contributed by atoms with Gasteiger partial charge in [-0.2, -0.15) is 0 Å². The monoisotopic (exact) mass is 357 g/mol. The Morgan fingerprint density at radius 1 is 1.20 bits per heavy atom. The topological polar surface area (TPSA) is 62.3 Å². The molecule has 25 heavy (non-hydrogen) atoms. The number of nitrogens with one attached hydrogen (secondary N) is 1. The summed E-state index contributed by atoms with van der Waals surface area (Å²) >= 11 is 1.55. The number of thiazole rings is 1. The van der Waals surface area contributed by atoms with Gasteiger partial charge in [0.2, 0.25) is 11.8 Å². The number of carbonyl (C=O) groups excluding carboxylic acids is 2. The molecule has 2 amide bonds. The van der Waals surface area contributed by atoms with Crippen LogP contribution < -0.4 is 5.32 Å². The number of rotatable bonds is 6. The van der Waals surface area contributed by atoms with Crippen LogP contribution in [0.4, 0.5) is 0 Å². The molecule has 5 nitrogen and oxygen atoms in total. The van der Waals surface area contributed by atoms with Crippen molar-refractivity contribution in [1.29, 1.82) is 0 Å². The van der Waals surface area contributed by atoms with Gasteiger partial charge >= 0.3 is 0 Å². The molecule has 1 aliphatic heterocycles. The lowest BCUT2D eigenvalue weighted by molar-refractivity contribution is -0.131. The predicted octanol–water partition coefficient (Wildman–Crippen LogP) is 3.22. The summed E-state index contributed by atoms with van der Waals surface area (Å²) in [5.41, 5.74) is 2.01. The van der Waals surface area contributed by atoms with Crippen molar-refractivity contribution in [3.8, 4) is 11.3 Å². The highest BCUT2D eigenvalue weighted by molar-refractivity contribution is 7.09. The fourth-order valence-electron chi connectivity index (χ4n) is 2.91. The number of nitrogens with zero attached hydrogens (tertiary/aromatic N) is 2. The summed E-state index contributed by atoms with van der Waals surface area (Å²) in [5, 5.41) is 5.80. The maximum absolute atomic E-state index is 12.1. The van der Waals surface area contributed by atoms with Gasteiger partial charge in [-0.3, -0.25) is 9.59 Å². The van der Waals surface area contributed by atoms with Crippen LogP contribution in [0.2, 0.25) is 0 Å². The van der Waals surface area contributed by atoms with Crippen LogP contribution in [0.5, 0.6) is 0 Å². The minimum Gasteiger partial charge on any atom is -0.350 e. The molecule has 3 rings (SSSR count). The third-order valence-corrected chi connectivity index (χ3v) is 5.19. The van der Waals surface area contributed by atoms with E-state index in [0.717, 1.165) is 42.1 Å². The molecule has 1 saturated heterocycles. The quantitative estimate of drug-likeness (QED) is 0.863. The van der Waals surface area contributed by atoms with Crippen LogP contribution in [-0.2, 0) is 16.1 Å². The molecule has 2 heterocycles. The van der Waals surface area contributed by atoms with Crippen molar-refractivity contribution in [2.24, 2.45) is 0 Å². The van der Waals surface area contributed by atoms with Crippen molar-refractivity contribution in [2.75, 3.05) is 13.1 Å². The summed E-state index contributed by atoms with van der Waals surface area (Å²) in [6.45, 7) is 1.72. The van der Waals surface area contributed by atoms with Crippen molar-refractivity contribution < 1.29 is 9.59 Å². The number of aromatic nitrogens is 1. The van der Waals surface area contributed by atoms with E-state index < -0.39 is 0 Å². The van der Waals surface area contributed by atoms with Crippen LogP contribution in [0.3, 0.4) is 0 Å². The largest absolute Gasteiger partial charge is 0.350 e. The normalized spacial score (nSPS) is 15.0. The number of carbonyl (C=O) groups is 2. The van der Waals surface area contributed by atoms with Gasteiger partial charge in [-0.15, -0.1) is 11.3 Å². The summed E-state index contributed by atoms with van der Waals surface area (Å²) in [5.74, 6) is 0.145. The number of hydrogen-bond donors (Lipinski definition) is 1. The van der Waals surface area contributed by atoms with Crippen molar-refractivity contribution in [3.05, 3.63) is 40.7 Å². The van der Waals surface area contributed by atoms with Crippen molar-refractivity contribution >= 4 is 23.2 Å². The lowest BCUT2D eigenvalue weighted by Crippen LogP contribution is -2.34. The Morgan fingerprint density at radius 2 is 2.04 bits per heavy atom. The zero-order valence-corrected chi connectivity index (χ0v) is 15.1. The lowest BCUT2D eigenvalue weighted by Gasteiger charge is -2.19. The van der Waals surface area contributed by atoms with Gasteiger partial charge in [-0.1, -0.05) is 36.8 Å². The summed E-state index contributed by atoms with van der Waals surface area (Å²) < 4.78 is 0. The highest BCUT2D eigenvalue weighted by Gasteiger charge is 2.17. The van der Waals surface area contributed by atoms with Gasteiger partial charge in [0.05, 0.1) is 12.2 Å². The van der Waals surface area contributed by atoms with E-state index in [0.29, 0.717) is 25.9 Å². The van der Waals surface area contributed by atoms with Crippen LogP contribution in [0, 0.1) is 0 Å². The molecular formula is C19H23N3O2S. The summed E-state index contributed by atoms with van der Waals surface area (Å²) in [6, 6.07) is 10.00. The third-order valence-electron chi connectivity index (χ3n) is 4.34. The molecule has 0 atom stereocenters. The first-order chi connectivity index (χ1) is 12.2. The standard InChI is InChI=1S/C19H23N3O2S/c23-17(10-12-22-11-6-2-5-9-19(22)24)20-13-18-21-16(14-25-18)15-7-3-1-4-8-15/h1,3-4,7-8,14H,2,5-6,9-13H2,(H,20,23). The van der Waals surface area contributed by atoms with E-state index in [9.17, 15) is 9.59 Å². The van der Waals surface area contributed by atoms with E-state index in [2.05, 4.69) is 10.3 Å². The molecule has 0 bridgehead atoms. The second-order valence-electron chi connectivity index (χ2n) is 6.21. The molecule has 1 aliphatic rings. The lowest BCUT2D eigenvalue weighted by atomic mass is 10.2. The molecule has 0 unspecified atom stereocenters. The third kappa shape index (κ3) is 5.13. The average Bonchev–Trinajstić information content (AvgIpc) is 3.02. The Balaban J connectivity index is 1.45. The van der Waals surface area contributed by atoms with E-state index in [4.69, 9.17) is 0 Å². The maximum Gasteiger partial charge on any atom is 0.222 e. The fourth-order valence-corrected chi connectivity index (χ4v) is 3.65. The summed E-state index contributed by atoms with van der Waals surface area (Å²) in [4.78, 5) is 30.4. The first-order valence-corrected chi connectivity index (χ1v) is 9.64. The zero-order valence-electron chi connectivity index (χ0n) is 14.2. The molecule has 0 radical (unpaired) electrons. The Morgan fingerprint density at radius 3 is 2.88 bits per heavy atom. The second-order valence-corrected chi connectivity index (χ2v) is 7.15. The Labute approximate surface area is 152 Å². The molecule has 132 valence electrons. The molecule has 2 aromatic rings. The highest BCUT2D eigenvalue weighted by Crippen LogP contribution is 2.21. The number of amides is 2. The van der Waals surface area contributed by atoms with Gasteiger partial charge in [0, 0.05) is 36.9 Å². The van der Waals surface area contributed by atoms with Gasteiger partial charge < -0.3 is 10.2 Å². The SMILES string of the molecule is O=C(CCN1CCCCCC1=O)NCc1nc(-c2ccccc2)cs1. The highest BCUT2D eigenvalue weighted by atomic mass is 32.1. The maximum atomic E-state index is 12.1. The van der Waals surface area contributed by atoms with E-state index in [-0.39, 0.29) is 11.8 Å². The number of hydrogen-bond acceptors (Lipinski definition) is 4. The molecule has 6 heteroatoms. The smallest absolute Gasteiger partial charge is 0.222 e. The van der Waals surface area contributed by atoms with E-state index in [1.54, 1.807) is 11.3 Å². The van der Waals surface area contributed by atoms with E-state index in [1.807, 2.05) is 40.6 Å². The summed E-state index contributed by atoms with van der Waals surface area (Å²) in [6.07, 6.45) is 4.07. The Kier molecular flexibility index (Phi) is 6.17. The number of benzene rings is 1. The molecule has 0 aliphatic carbocycles. The van der Waals surface area contributed by atoms with E-state index in [1.165, 1.54) is 0 Å². The van der Waals surface area contributed by atoms with Gasteiger partial charge in [0.15, 0.2) is 0 Å². The van der Waals surface area contributed by atoms with Crippen LogP contribution in [0.15, 0.2) is 35.7 Å². The van der Waals surface area contributed by atoms with E-state index >= 15 is 0 Å². The molecule has 1 N–H and O–H groups in total. The summed E-state index contributed by atoms with van der Waals surface area (Å²) in [7, 11) is 0. The fraction of sp³-hybridized carbons (Fsp3) is 0.421. The van der Waals surface area contributed by atoms with Gasteiger partial charge in [0.1, 0.15) is 5.01 Å². The van der Waals surface area contributed by atoms with Gasteiger partial charge in [-0.25, -0.2) is 4.98 Å². The van der Waals surface area contributed by atoms with Crippen LogP contribution >= 0.6 is 11.3 Å². The number of likely N-dealkylation sites (tertiary alicyclic amines) is 1. The average molecular weight is 357 g/mol. The molecule has 0 saturated carbocycles. The molecule has 1 fully saturated rings. The second kappa shape index (κ2) is 8.76. The van der Waals surface area contributed by atoms with Gasteiger partial charge in [-0.05, 0) is 12.8 Å². The van der Waals surface area contributed by atoms with Crippen molar-refractivity contribution in [3.63, 3.8) is 0 Å². The van der Waals surface area contributed by atoms with Crippen molar-refractivity contribution in [1.82, 2.24) is 15.2 Å². The molecular weight excluding hydrogens is 334 g/mol. The minimum absolute atomic E-state index is 0.0338.